The second kappa shape index (κ2) is 5.83. The Kier molecular flexibility index (Phi) is 3.55. The smallest absolute Gasteiger partial charge is 0.149 e. The molecule has 0 aromatic heterocycles. The maximum atomic E-state index is 14.1. The monoisotopic (exact) mass is 391 g/mol. The van der Waals surface area contributed by atoms with Crippen LogP contribution in [-0.2, 0) is 0 Å². The van der Waals surface area contributed by atoms with Crippen molar-refractivity contribution in [3.63, 3.8) is 0 Å². The zero-order valence-corrected chi connectivity index (χ0v) is 18.1. The minimum atomic E-state index is -0.0541. The number of halogens is 1. The highest BCUT2D eigenvalue weighted by Gasteiger charge is 2.66. The molecule has 0 aliphatic heterocycles. The van der Waals surface area contributed by atoms with E-state index in [0.29, 0.717) is 10.8 Å². The highest BCUT2D eigenvalue weighted by molar-refractivity contribution is 5.46. The molecule has 154 valence electrons. The summed E-state index contributed by atoms with van der Waals surface area (Å²) in [5, 5.41) is 0. The molecule has 0 unspecified atom stereocenters. The summed E-state index contributed by atoms with van der Waals surface area (Å²) in [5.74, 6) is 7.69. The Morgan fingerprint density at radius 2 is 1.07 bits per heavy atom. The molecule has 1 heteroatoms. The van der Waals surface area contributed by atoms with Crippen molar-refractivity contribution >= 4 is 0 Å². The Morgan fingerprint density at radius 3 is 1.41 bits per heavy atom. The van der Waals surface area contributed by atoms with Crippen molar-refractivity contribution in [1.82, 2.24) is 0 Å². The van der Waals surface area contributed by atoms with Crippen LogP contribution in [0.25, 0.3) is 0 Å². The highest BCUT2D eigenvalue weighted by Crippen LogP contribution is 2.73. The first-order valence-corrected chi connectivity index (χ1v) is 12.6. The molecule has 8 fully saturated rings. The lowest BCUT2D eigenvalue weighted by Crippen LogP contribution is -2.57. The van der Waals surface area contributed by atoms with Crippen LogP contribution >= 0.6 is 0 Å². The van der Waals surface area contributed by atoms with Crippen LogP contribution in [0.3, 0.4) is 0 Å². The van der Waals surface area contributed by atoms with Gasteiger partial charge in [0.2, 0.25) is 0 Å². The van der Waals surface area contributed by atoms with Crippen LogP contribution in [0.2, 0.25) is 0 Å². The predicted molar refractivity (Wildman–Crippen MR) is 115 cm³/mol. The summed E-state index contributed by atoms with van der Waals surface area (Å²) in [6.07, 6.45) is 17.8. The molecule has 1 aromatic carbocycles. The van der Waals surface area contributed by atoms with Gasteiger partial charge in [-0.3, -0.25) is 0 Å². The SMILES string of the molecule is Cc1cc(F)ccc1[C+](C12CC3CC(CC(C3)C1)C2)C12CC3CC(CC(C3)C1)C2. The molecule has 0 radical (unpaired) electrons. The first-order chi connectivity index (χ1) is 14.0. The van der Waals surface area contributed by atoms with E-state index in [1.165, 1.54) is 88.2 Å². The number of aryl methyl sites for hydroxylation is 1. The summed E-state index contributed by atoms with van der Waals surface area (Å²) >= 11 is 0. The number of hydrogen-bond acceptors (Lipinski definition) is 0. The Labute approximate surface area is 176 Å². The van der Waals surface area contributed by atoms with E-state index in [-0.39, 0.29) is 5.82 Å². The second-order valence-corrected chi connectivity index (χ2v) is 12.7. The summed E-state index contributed by atoms with van der Waals surface area (Å²) in [6, 6.07) is 5.80. The van der Waals surface area contributed by atoms with Crippen LogP contribution in [0.1, 0.15) is 88.2 Å². The molecular weight excluding hydrogens is 355 g/mol. The zero-order chi connectivity index (χ0) is 19.4. The summed E-state index contributed by atoms with van der Waals surface area (Å²) in [6.45, 7) is 2.19. The van der Waals surface area contributed by atoms with Crippen LogP contribution in [0.15, 0.2) is 18.2 Å². The predicted octanol–water partition coefficient (Wildman–Crippen LogP) is 7.49. The fourth-order valence-electron chi connectivity index (χ4n) is 10.9. The molecule has 0 atom stereocenters. The van der Waals surface area contributed by atoms with E-state index in [2.05, 4.69) is 13.0 Å². The fourth-order valence-corrected chi connectivity index (χ4v) is 10.9. The van der Waals surface area contributed by atoms with Gasteiger partial charge in [0.15, 0.2) is 0 Å². The molecule has 0 nitrogen and oxygen atoms in total. The van der Waals surface area contributed by atoms with Crippen LogP contribution in [-0.4, -0.2) is 0 Å². The van der Waals surface area contributed by atoms with E-state index in [0.717, 1.165) is 35.5 Å². The van der Waals surface area contributed by atoms with Gasteiger partial charge in [0.1, 0.15) is 11.4 Å². The fraction of sp³-hybridized carbons (Fsp3) is 0.750. The Bertz CT molecular complexity index is 720. The molecule has 8 aliphatic rings. The van der Waals surface area contributed by atoms with Crippen LogP contribution in [0.5, 0.6) is 0 Å². The lowest BCUT2D eigenvalue weighted by Gasteiger charge is -2.64. The molecule has 0 saturated heterocycles. The molecule has 8 saturated carbocycles. The molecule has 0 spiro atoms. The molecule has 0 heterocycles. The second-order valence-electron chi connectivity index (χ2n) is 12.7. The molecule has 1 aromatic rings. The molecule has 8 aliphatic carbocycles. The minimum absolute atomic E-state index is 0.0541. The van der Waals surface area contributed by atoms with E-state index in [9.17, 15) is 4.39 Å². The standard InChI is InChI=1S/C28H36F/c1-17-4-24(29)2-3-25(17)26(27-11-18-5-19(12-27)7-20(6-18)13-27)28-14-21-8-22(15-28)10-23(9-21)16-28/h2-4,18-23H,5-16H2,1H3/q+1. The van der Waals surface area contributed by atoms with Crippen molar-refractivity contribution in [3.05, 3.63) is 41.1 Å². The maximum Gasteiger partial charge on any atom is 0.149 e. The molecular formula is C28H36F+. The number of hydrogen-bond donors (Lipinski definition) is 0. The number of benzene rings is 1. The van der Waals surface area contributed by atoms with Gasteiger partial charge in [-0.05, 0) is 113 Å². The normalized spacial score (nSPS) is 49.0. The third-order valence-corrected chi connectivity index (χ3v) is 10.6. The highest BCUT2D eigenvalue weighted by atomic mass is 19.1. The first kappa shape index (κ1) is 17.7. The first-order valence-electron chi connectivity index (χ1n) is 12.6. The van der Waals surface area contributed by atoms with Gasteiger partial charge in [0.25, 0.3) is 0 Å². The molecule has 8 bridgehead atoms. The maximum absolute atomic E-state index is 14.1. The Balaban J connectivity index is 1.39. The van der Waals surface area contributed by atoms with E-state index < -0.39 is 0 Å². The van der Waals surface area contributed by atoms with Crippen molar-refractivity contribution in [3.8, 4) is 0 Å². The molecule has 0 amide bonds. The molecule has 9 rings (SSSR count). The van der Waals surface area contributed by atoms with Crippen molar-refractivity contribution in [2.24, 2.45) is 46.3 Å². The average molecular weight is 392 g/mol. The van der Waals surface area contributed by atoms with Crippen LogP contribution < -0.4 is 0 Å². The zero-order valence-electron chi connectivity index (χ0n) is 18.1. The van der Waals surface area contributed by atoms with E-state index >= 15 is 0 Å². The van der Waals surface area contributed by atoms with Gasteiger partial charge in [0, 0.05) is 41.9 Å². The number of rotatable bonds is 3. The minimum Gasteiger partial charge on any atom is -0.204 e. The molecule has 29 heavy (non-hydrogen) atoms. The summed E-state index contributed by atoms with van der Waals surface area (Å²) in [7, 11) is 0. The summed E-state index contributed by atoms with van der Waals surface area (Å²) in [4.78, 5) is 0. The van der Waals surface area contributed by atoms with Gasteiger partial charge in [-0.2, -0.15) is 0 Å². The van der Waals surface area contributed by atoms with Crippen LogP contribution in [0, 0.1) is 65.0 Å². The topological polar surface area (TPSA) is 0 Å². The van der Waals surface area contributed by atoms with Crippen molar-refractivity contribution in [2.45, 2.75) is 84.0 Å². The van der Waals surface area contributed by atoms with Crippen molar-refractivity contribution in [1.29, 1.82) is 0 Å². The van der Waals surface area contributed by atoms with Gasteiger partial charge < -0.3 is 0 Å². The quantitative estimate of drug-likeness (QED) is 0.468. The lowest BCUT2D eigenvalue weighted by molar-refractivity contribution is -0.0989. The van der Waals surface area contributed by atoms with Gasteiger partial charge >= 0.3 is 0 Å². The molecule has 0 N–H and O–H groups in total. The third-order valence-electron chi connectivity index (χ3n) is 10.6. The van der Waals surface area contributed by atoms with Crippen molar-refractivity contribution < 1.29 is 4.39 Å². The summed E-state index contributed by atoms with van der Waals surface area (Å²) < 4.78 is 14.1. The van der Waals surface area contributed by atoms with Gasteiger partial charge in [-0.15, -0.1) is 0 Å². The van der Waals surface area contributed by atoms with Gasteiger partial charge in [-0.1, -0.05) is 0 Å². The Hall–Kier alpha value is -0.980. The Morgan fingerprint density at radius 1 is 0.690 bits per heavy atom. The lowest BCUT2D eigenvalue weighted by atomic mass is 9.37. The van der Waals surface area contributed by atoms with Gasteiger partial charge in [-0.25, -0.2) is 4.39 Å². The summed E-state index contributed by atoms with van der Waals surface area (Å²) in [5.41, 5.74) is 3.59. The average Bonchev–Trinajstić information content (AvgIpc) is 2.61. The van der Waals surface area contributed by atoms with E-state index in [1.807, 2.05) is 12.0 Å². The third kappa shape index (κ3) is 2.51. The van der Waals surface area contributed by atoms with E-state index in [1.54, 1.807) is 6.07 Å². The van der Waals surface area contributed by atoms with Gasteiger partial charge in [0.05, 0.1) is 5.56 Å². The largest absolute Gasteiger partial charge is 0.204 e. The van der Waals surface area contributed by atoms with Crippen LogP contribution in [0.4, 0.5) is 4.39 Å². The van der Waals surface area contributed by atoms with E-state index in [4.69, 9.17) is 0 Å². The van der Waals surface area contributed by atoms with Crippen molar-refractivity contribution in [2.75, 3.05) is 0 Å².